The highest BCUT2D eigenvalue weighted by Crippen LogP contribution is 2.17. The molecule has 0 radical (unpaired) electrons. The van der Waals surface area contributed by atoms with Gasteiger partial charge in [0.1, 0.15) is 0 Å². The van der Waals surface area contributed by atoms with Gasteiger partial charge < -0.3 is 15.4 Å². The highest BCUT2D eigenvalue weighted by Gasteiger charge is 2.24. The van der Waals surface area contributed by atoms with Gasteiger partial charge in [0.25, 0.3) is 0 Å². The summed E-state index contributed by atoms with van der Waals surface area (Å²) in [6.45, 7) is 6.60. The van der Waals surface area contributed by atoms with Crippen LogP contribution >= 0.6 is 12.4 Å². The number of hydrogen-bond acceptors (Lipinski definition) is 4. The van der Waals surface area contributed by atoms with Crippen molar-refractivity contribution in [3.63, 3.8) is 0 Å². The molecule has 6 heteroatoms. The summed E-state index contributed by atoms with van der Waals surface area (Å²) in [5.41, 5.74) is 7.39. The minimum Gasteiger partial charge on any atom is -0.381 e. The first kappa shape index (κ1) is 21.2. The third-order valence-corrected chi connectivity index (χ3v) is 5.36. The van der Waals surface area contributed by atoms with Crippen molar-refractivity contribution in [2.24, 2.45) is 11.7 Å². The molecule has 5 nitrogen and oxygen atoms in total. The molecule has 2 aliphatic rings. The van der Waals surface area contributed by atoms with Crippen molar-refractivity contribution in [1.82, 2.24) is 9.80 Å². The molecule has 26 heavy (non-hydrogen) atoms. The van der Waals surface area contributed by atoms with E-state index in [-0.39, 0.29) is 24.4 Å². The van der Waals surface area contributed by atoms with Crippen LogP contribution < -0.4 is 5.73 Å². The van der Waals surface area contributed by atoms with Crippen molar-refractivity contribution >= 4 is 18.3 Å². The van der Waals surface area contributed by atoms with Gasteiger partial charge in [0, 0.05) is 58.4 Å². The fraction of sp³-hybridized carbons (Fsp3) is 0.650. The van der Waals surface area contributed by atoms with E-state index in [1.807, 2.05) is 23.1 Å². The van der Waals surface area contributed by atoms with Gasteiger partial charge in [-0.2, -0.15) is 0 Å². The first-order valence-corrected chi connectivity index (χ1v) is 9.58. The average molecular weight is 382 g/mol. The van der Waals surface area contributed by atoms with Gasteiger partial charge in [-0.25, -0.2) is 0 Å². The van der Waals surface area contributed by atoms with Crippen LogP contribution in [0.25, 0.3) is 0 Å². The second-order valence-corrected chi connectivity index (χ2v) is 7.39. The van der Waals surface area contributed by atoms with E-state index in [1.54, 1.807) is 0 Å². The number of halogens is 1. The summed E-state index contributed by atoms with van der Waals surface area (Å²) in [6, 6.07) is 10.1. The molecule has 2 aliphatic heterocycles. The molecule has 2 saturated heterocycles. The average Bonchev–Trinajstić information content (AvgIpc) is 2.64. The Morgan fingerprint density at radius 1 is 1.12 bits per heavy atom. The number of nitrogens with zero attached hydrogens (tertiary/aromatic N) is 2. The molecule has 1 aromatic carbocycles. The van der Waals surface area contributed by atoms with Gasteiger partial charge in [-0.3, -0.25) is 9.69 Å². The van der Waals surface area contributed by atoms with Gasteiger partial charge in [-0.1, -0.05) is 30.3 Å². The van der Waals surface area contributed by atoms with Gasteiger partial charge in [0.2, 0.25) is 5.91 Å². The third kappa shape index (κ3) is 6.54. The second-order valence-electron chi connectivity index (χ2n) is 7.39. The zero-order valence-corrected chi connectivity index (χ0v) is 16.3. The smallest absolute Gasteiger partial charge is 0.224 e. The number of rotatable bonds is 6. The molecular weight excluding hydrogens is 350 g/mol. The van der Waals surface area contributed by atoms with Crippen molar-refractivity contribution in [1.29, 1.82) is 0 Å². The molecule has 0 aromatic heterocycles. The Morgan fingerprint density at radius 3 is 2.42 bits per heavy atom. The summed E-state index contributed by atoms with van der Waals surface area (Å²) in [4.78, 5) is 17.0. The first-order valence-electron chi connectivity index (χ1n) is 9.58. The fourth-order valence-corrected chi connectivity index (χ4v) is 3.82. The normalized spacial score (nSPS) is 20.4. The second kappa shape index (κ2) is 10.9. The van der Waals surface area contributed by atoms with Crippen molar-refractivity contribution in [3.05, 3.63) is 35.9 Å². The molecule has 146 valence electrons. The molecule has 3 rings (SSSR count). The van der Waals surface area contributed by atoms with E-state index >= 15 is 0 Å². The van der Waals surface area contributed by atoms with Crippen LogP contribution in [-0.4, -0.2) is 67.7 Å². The molecule has 2 N–H and O–H groups in total. The Bertz CT molecular complexity index is 529. The van der Waals surface area contributed by atoms with Gasteiger partial charge in [-0.15, -0.1) is 12.4 Å². The zero-order valence-electron chi connectivity index (χ0n) is 15.5. The van der Waals surface area contributed by atoms with Crippen LogP contribution in [0.2, 0.25) is 0 Å². The molecule has 2 fully saturated rings. The highest BCUT2D eigenvalue weighted by molar-refractivity contribution is 5.85. The number of carbonyl (C=O) groups is 1. The fourth-order valence-electron chi connectivity index (χ4n) is 3.82. The molecule has 0 unspecified atom stereocenters. The lowest BCUT2D eigenvalue weighted by molar-refractivity contribution is -0.133. The predicted molar refractivity (Wildman–Crippen MR) is 107 cm³/mol. The van der Waals surface area contributed by atoms with Crippen molar-refractivity contribution in [2.45, 2.75) is 31.7 Å². The van der Waals surface area contributed by atoms with E-state index in [0.717, 1.165) is 58.3 Å². The van der Waals surface area contributed by atoms with Crippen molar-refractivity contribution in [2.75, 3.05) is 45.9 Å². The molecule has 1 amide bonds. The van der Waals surface area contributed by atoms with Crippen LogP contribution in [0.3, 0.4) is 0 Å². The lowest BCUT2D eigenvalue weighted by atomic mass is 9.99. The molecule has 2 heterocycles. The van der Waals surface area contributed by atoms with Crippen LogP contribution in [0.4, 0.5) is 0 Å². The van der Waals surface area contributed by atoms with E-state index in [4.69, 9.17) is 10.5 Å². The maximum atomic E-state index is 12.5. The maximum Gasteiger partial charge on any atom is 0.224 e. The summed E-state index contributed by atoms with van der Waals surface area (Å²) < 4.78 is 5.43. The highest BCUT2D eigenvalue weighted by atomic mass is 35.5. The van der Waals surface area contributed by atoms with E-state index < -0.39 is 0 Å². The lowest BCUT2D eigenvalue weighted by Gasteiger charge is -2.37. The molecule has 1 atom stereocenters. The summed E-state index contributed by atoms with van der Waals surface area (Å²) in [6.07, 6.45) is 3.55. The summed E-state index contributed by atoms with van der Waals surface area (Å²) >= 11 is 0. The third-order valence-electron chi connectivity index (χ3n) is 5.36. The number of nitrogens with two attached hydrogens (primary N) is 1. The minimum atomic E-state index is -0.102. The Hall–Kier alpha value is -1.14. The summed E-state index contributed by atoms with van der Waals surface area (Å²) in [7, 11) is 0. The quantitative estimate of drug-likeness (QED) is 0.818. The topological polar surface area (TPSA) is 58.8 Å². The number of amides is 1. The first-order chi connectivity index (χ1) is 12.2. The Morgan fingerprint density at radius 2 is 1.77 bits per heavy atom. The summed E-state index contributed by atoms with van der Waals surface area (Å²) in [5, 5.41) is 0. The predicted octanol–water partition coefficient (Wildman–Crippen LogP) is 1.94. The van der Waals surface area contributed by atoms with Gasteiger partial charge >= 0.3 is 0 Å². The number of carbonyl (C=O) groups excluding carboxylic acids is 1. The zero-order chi connectivity index (χ0) is 17.5. The van der Waals surface area contributed by atoms with Gasteiger partial charge in [-0.05, 0) is 30.7 Å². The summed E-state index contributed by atoms with van der Waals surface area (Å²) in [5.74, 6) is 0.962. The SMILES string of the molecule is Cl.N[C@@H](CC(=O)N1CCN(CC2CCOCC2)CC1)Cc1ccccc1. The Kier molecular flexibility index (Phi) is 8.85. The van der Waals surface area contributed by atoms with Gasteiger partial charge in [0.15, 0.2) is 0 Å². The van der Waals surface area contributed by atoms with E-state index in [9.17, 15) is 4.79 Å². The van der Waals surface area contributed by atoms with Crippen LogP contribution in [-0.2, 0) is 16.0 Å². The van der Waals surface area contributed by atoms with Crippen LogP contribution in [0.5, 0.6) is 0 Å². The van der Waals surface area contributed by atoms with E-state index in [2.05, 4.69) is 17.0 Å². The van der Waals surface area contributed by atoms with E-state index in [0.29, 0.717) is 6.42 Å². The molecule has 0 aliphatic carbocycles. The monoisotopic (exact) mass is 381 g/mol. The number of piperazine rings is 1. The van der Waals surface area contributed by atoms with Crippen LogP contribution in [0.15, 0.2) is 30.3 Å². The van der Waals surface area contributed by atoms with Gasteiger partial charge in [0.05, 0.1) is 0 Å². The van der Waals surface area contributed by atoms with Crippen molar-refractivity contribution in [3.8, 4) is 0 Å². The standard InChI is InChI=1S/C20H31N3O2.ClH/c21-19(14-17-4-2-1-3-5-17)15-20(24)23-10-8-22(9-11-23)16-18-6-12-25-13-7-18;/h1-5,18-19H,6-16,21H2;1H/t19-;/m1./s1. The number of benzene rings is 1. The van der Waals surface area contributed by atoms with Crippen LogP contribution in [0.1, 0.15) is 24.8 Å². The number of ether oxygens (including phenoxy) is 1. The minimum absolute atomic E-state index is 0. The molecule has 0 spiro atoms. The lowest BCUT2D eigenvalue weighted by Crippen LogP contribution is -2.51. The Labute approximate surface area is 163 Å². The number of hydrogen-bond donors (Lipinski definition) is 1. The molecule has 1 aromatic rings. The van der Waals surface area contributed by atoms with Crippen molar-refractivity contribution < 1.29 is 9.53 Å². The molecular formula is C20H32ClN3O2. The van der Waals surface area contributed by atoms with E-state index in [1.165, 1.54) is 18.4 Å². The molecule has 0 bridgehead atoms. The van der Waals surface area contributed by atoms with Crippen LogP contribution in [0, 0.1) is 5.92 Å². The maximum absolute atomic E-state index is 12.5. The largest absolute Gasteiger partial charge is 0.381 e. The Balaban J connectivity index is 0.00000243. The molecule has 0 saturated carbocycles.